The van der Waals surface area contributed by atoms with Crippen molar-refractivity contribution in [1.82, 2.24) is 19.9 Å². The van der Waals surface area contributed by atoms with Crippen molar-refractivity contribution in [2.24, 2.45) is 0 Å². The van der Waals surface area contributed by atoms with Crippen molar-refractivity contribution in [1.29, 1.82) is 0 Å². The quantitative estimate of drug-likeness (QED) is 0.163. The van der Waals surface area contributed by atoms with Gasteiger partial charge in [0.15, 0.2) is 0 Å². The first-order valence-electron chi connectivity index (χ1n) is 10.0. The van der Waals surface area contributed by atoms with Crippen molar-refractivity contribution in [2.75, 3.05) is 0 Å². The van der Waals surface area contributed by atoms with Crippen molar-refractivity contribution in [3.63, 3.8) is 0 Å². The third-order valence-corrected chi connectivity index (χ3v) is 5.23. The number of nitrogens with zero attached hydrogens (tertiary/aromatic N) is 4. The molecule has 4 aromatic heterocycles. The van der Waals surface area contributed by atoms with Gasteiger partial charge in [-0.2, -0.15) is 0 Å². The molecule has 4 rings (SSSR count). The van der Waals surface area contributed by atoms with E-state index in [2.05, 4.69) is 32.1 Å². The second-order valence-electron chi connectivity index (χ2n) is 8.23. The molecule has 0 spiro atoms. The van der Waals surface area contributed by atoms with Gasteiger partial charge in [-0.3, -0.25) is 9.97 Å². The van der Waals surface area contributed by atoms with Crippen LogP contribution in [-0.4, -0.2) is 19.9 Å². The summed E-state index contributed by atoms with van der Waals surface area (Å²) in [5.74, 6) is -3.97. The summed E-state index contributed by atoms with van der Waals surface area (Å²) in [6.45, 7) is 7.39. The average Bonchev–Trinajstić information content (AvgIpc) is 2.72. The van der Waals surface area contributed by atoms with Crippen LogP contribution in [0.1, 0.15) is 36.4 Å². The van der Waals surface area contributed by atoms with Gasteiger partial charge in [-0.05, 0) is 51.2 Å². The molecule has 0 saturated heterocycles. The van der Waals surface area contributed by atoms with E-state index in [4.69, 9.17) is 0 Å². The molecule has 0 N–H and O–H groups in total. The average molecular weight is 646 g/mol. The van der Waals surface area contributed by atoms with Crippen molar-refractivity contribution in [3.8, 4) is 22.5 Å². The Hall–Kier alpha value is -2.99. The van der Waals surface area contributed by atoms with Gasteiger partial charge < -0.3 is 9.97 Å². The molecule has 0 radical (unpaired) electrons. The predicted octanol–water partition coefficient (Wildman–Crippen LogP) is 5.70. The van der Waals surface area contributed by atoms with Gasteiger partial charge in [0.1, 0.15) is 23.8 Å². The van der Waals surface area contributed by atoms with Gasteiger partial charge in [0.25, 0.3) is 0 Å². The number of aromatic nitrogens is 4. The molecule has 4 heterocycles. The van der Waals surface area contributed by atoms with Gasteiger partial charge >= 0.3 is 21.1 Å². The molecule has 0 unspecified atom stereocenters. The summed E-state index contributed by atoms with van der Waals surface area (Å²) < 4.78 is 55.0. The first kappa shape index (κ1) is 25.6. The van der Waals surface area contributed by atoms with Crippen LogP contribution in [0.3, 0.4) is 0 Å². The summed E-state index contributed by atoms with van der Waals surface area (Å²) >= 11 is 0. The summed E-state index contributed by atoms with van der Waals surface area (Å²) in [4.78, 5) is 15.6. The smallest absolute Gasteiger partial charge is 0.300 e. The first-order valence-corrected chi connectivity index (χ1v) is 10.0. The van der Waals surface area contributed by atoms with Crippen LogP contribution in [0.5, 0.6) is 0 Å². The van der Waals surface area contributed by atoms with Crippen LogP contribution in [0.4, 0.5) is 17.6 Å². The van der Waals surface area contributed by atoms with Gasteiger partial charge in [-0.1, -0.05) is 46.5 Å². The minimum Gasteiger partial charge on any atom is -0.300 e. The molecule has 0 aromatic carbocycles. The van der Waals surface area contributed by atoms with Gasteiger partial charge in [-0.15, -0.1) is 12.1 Å². The molecule has 0 amide bonds. The summed E-state index contributed by atoms with van der Waals surface area (Å²) in [6.07, 6.45) is 0. The minimum absolute atomic E-state index is 0. The summed E-state index contributed by atoms with van der Waals surface area (Å²) in [5, 5.41) is 0. The molecule has 176 valence electrons. The molecule has 34 heavy (non-hydrogen) atoms. The van der Waals surface area contributed by atoms with Crippen LogP contribution < -0.4 is 0 Å². The molecule has 4 nitrogen and oxygen atoms in total. The van der Waals surface area contributed by atoms with Crippen LogP contribution in [-0.2, 0) is 26.5 Å². The molecule has 0 atom stereocenters. The number of aryl methyl sites for hydroxylation is 2. The van der Waals surface area contributed by atoms with Crippen molar-refractivity contribution in [2.45, 2.75) is 33.1 Å². The van der Waals surface area contributed by atoms with E-state index in [0.717, 1.165) is 23.3 Å². The molecular weight excluding hydrogens is 627 g/mol. The molecule has 0 fully saturated rings. The number of rotatable bonds is 4. The Kier molecular flexibility index (Phi) is 7.32. The van der Waals surface area contributed by atoms with E-state index in [9.17, 15) is 17.6 Å². The number of hydrogen-bond acceptors (Lipinski definition) is 4. The Morgan fingerprint density at radius 2 is 1.03 bits per heavy atom. The summed E-state index contributed by atoms with van der Waals surface area (Å²) in [7, 11) is 0. The largest absolute Gasteiger partial charge is 2.00 e. The maximum absolute atomic E-state index is 14.3. The van der Waals surface area contributed by atoms with E-state index in [0.29, 0.717) is 11.4 Å². The Bertz CT molecular complexity index is 1270. The molecule has 9 heteroatoms. The Labute approximate surface area is 208 Å². The van der Waals surface area contributed by atoms with E-state index in [1.807, 2.05) is 39.8 Å². The zero-order valence-corrected chi connectivity index (χ0v) is 20.9. The van der Waals surface area contributed by atoms with Crippen LogP contribution >= 0.6 is 0 Å². The van der Waals surface area contributed by atoms with Crippen LogP contribution in [0, 0.1) is 49.8 Å². The molecule has 0 saturated carbocycles. The van der Waals surface area contributed by atoms with Gasteiger partial charge in [0, 0.05) is 16.8 Å². The van der Waals surface area contributed by atoms with E-state index >= 15 is 0 Å². The first-order chi connectivity index (χ1) is 15.5. The maximum Gasteiger partial charge on any atom is 2.00 e. The monoisotopic (exact) mass is 645 g/mol. The van der Waals surface area contributed by atoms with E-state index in [1.54, 1.807) is 12.1 Å². The fourth-order valence-corrected chi connectivity index (χ4v) is 3.47. The molecular formula is C25H18F4N4Pt. The maximum atomic E-state index is 14.3. The Balaban J connectivity index is 0.00000324. The van der Waals surface area contributed by atoms with Gasteiger partial charge in [0.05, 0.1) is 0 Å². The molecule has 0 bridgehead atoms. The van der Waals surface area contributed by atoms with Crippen molar-refractivity contribution in [3.05, 3.63) is 94.8 Å². The topological polar surface area (TPSA) is 51.6 Å². The Morgan fingerprint density at radius 1 is 0.647 bits per heavy atom. The Morgan fingerprint density at radius 3 is 1.38 bits per heavy atom. The van der Waals surface area contributed by atoms with Gasteiger partial charge in [-0.25, -0.2) is 17.6 Å². The number of halogens is 4. The SMILES string of the molecule is Cc1cc(-c2[c-]cc(F)nc2F)nc(C(C)(C)c2cc(C)cc(-c3[c-]cc(F)nc3F)n2)c1.[Pt+2]. The second kappa shape index (κ2) is 9.71. The predicted molar refractivity (Wildman–Crippen MR) is 114 cm³/mol. The standard InChI is InChI=1S/C25H18F4N4.Pt/c1-13-9-17(15-5-7-21(26)32-23(15)28)30-19(11-13)25(3,4)20-12-14(2)10-18(31-20)16-6-8-22(27)33-24(16)29;/h7-12H,1-4H3;/q-2;+2. The van der Waals surface area contributed by atoms with E-state index in [1.165, 1.54) is 0 Å². The zero-order valence-electron chi connectivity index (χ0n) is 18.6. The van der Waals surface area contributed by atoms with Crippen molar-refractivity contribution >= 4 is 0 Å². The fourth-order valence-electron chi connectivity index (χ4n) is 3.47. The summed E-state index contributed by atoms with van der Waals surface area (Å²) in [5.41, 5.74) is 2.28. The van der Waals surface area contributed by atoms with E-state index in [-0.39, 0.29) is 43.6 Å². The van der Waals surface area contributed by atoms with Gasteiger partial charge in [0.2, 0.25) is 0 Å². The third-order valence-electron chi connectivity index (χ3n) is 5.23. The molecule has 0 aliphatic rings. The number of hydrogen-bond donors (Lipinski definition) is 0. The molecule has 0 aliphatic carbocycles. The minimum atomic E-state index is -1.01. The second-order valence-corrected chi connectivity index (χ2v) is 8.23. The van der Waals surface area contributed by atoms with Crippen LogP contribution in [0.25, 0.3) is 22.5 Å². The van der Waals surface area contributed by atoms with E-state index < -0.39 is 29.2 Å². The number of pyridine rings is 4. The summed E-state index contributed by atoms with van der Waals surface area (Å²) in [6, 6.07) is 13.9. The normalized spacial score (nSPS) is 11.3. The van der Waals surface area contributed by atoms with Crippen molar-refractivity contribution < 1.29 is 38.6 Å². The third kappa shape index (κ3) is 5.07. The molecule has 4 aromatic rings. The van der Waals surface area contributed by atoms with Crippen LogP contribution in [0.15, 0.2) is 36.4 Å². The fraction of sp³-hybridized carbons (Fsp3) is 0.200. The molecule has 0 aliphatic heterocycles. The zero-order chi connectivity index (χ0) is 23.9. The van der Waals surface area contributed by atoms with Crippen LogP contribution in [0.2, 0.25) is 0 Å².